The van der Waals surface area contributed by atoms with Crippen LogP contribution in [0.3, 0.4) is 0 Å². The highest BCUT2D eigenvalue weighted by atomic mass is 32.1. The third-order valence-electron chi connectivity index (χ3n) is 4.49. The molecular formula is C16H21NO3S. The van der Waals surface area contributed by atoms with Crippen molar-refractivity contribution >= 4 is 23.2 Å². The van der Waals surface area contributed by atoms with Crippen molar-refractivity contribution in [2.24, 2.45) is 5.92 Å². The first-order valence-corrected chi connectivity index (χ1v) is 8.46. The van der Waals surface area contributed by atoms with Gasteiger partial charge >= 0.3 is 5.97 Å². The Morgan fingerprint density at radius 1 is 1.38 bits per heavy atom. The zero-order chi connectivity index (χ0) is 15.1. The maximum Gasteiger partial charge on any atom is 0.326 e. The Hall–Kier alpha value is -1.36. The van der Waals surface area contributed by atoms with E-state index in [2.05, 4.69) is 6.92 Å². The minimum Gasteiger partial charge on any atom is -0.480 e. The minimum absolute atomic E-state index is 0.0977. The molecule has 1 fully saturated rings. The largest absolute Gasteiger partial charge is 0.480 e. The van der Waals surface area contributed by atoms with Gasteiger partial charge in [-0.05, 0) is 56.6 Å². The van der Waals surface area contributed by atoms with Gasteiger partial charge in [0.25, 0.3) is 5.91 Å². The molecule has 1 saturated carbocycles. The summed E-state index contributed by atoms with van der Waals surface area (Å²) in [5.74, 6) is -0.350. The molecule has 0 aromatic carbocycles. The second kappa shape index (κ2) is 5.44. The SMILES string of the molecule is CC1CCc2sc(C(=O)N(C3CC3)C(C)C(=O)O)cc2C1. The summed E-state index contributed by atoms with van der Waals surface area (Å²) in [6.07, 6.45) is 5.11. The number of amides is 1. The van der Waals surface area contributed by atoms with Crippen LogP contribution >= 0.6 is 11.3 Å². The Bertz CT molecular complexity index is 576. The van der Waals surface area contributed by atoms with Gasteiger partial charge in [-0.2, -0.15) is 0 Å². The molecule has 3 rings (SSSR count). The molecule has 2 unspecified atom stereocenters. The first kappa shape index (κ1) is 14.6. The average molecular weight is 307 g/mol. The van der Waals surface area contributed by atoms with Gasteiger partial charge < -0.3 is 10.0 Å². The van der Waals surface area contributed by atoms with Crippen molar-refractivity contribution in [1.82, 2.24) is 4.90 Å². The average Bonchev–Trinajstić information content (AvgIpc) is 3.17. The molecule has 2 aliphatic carbocycles. The molecule has 1 aromatic rings. The maximum absolute atomic E-state index is 12.7. The zero-order valence-electron chi connectivity index (χ0n) is 12.5. The van der Waals surface area contributed by atoms with Crippen molar-refractivity contribution in [3.8, 4) is 0 Å². The van der Waals surface area contributed by atoms with Crippen LogP contribution in [-0.4, -0.2) is 34.0 Å². The van der Waals surface area contributed by atoms with E-state index in [1.807, 2.05) is 6.07 Å². The molecule has 114 valence electrons. The molecule has 2 atom stereocenters. The molecule has 5 heteroatoms. The number of carbonyl (C=O) groups excluding carboxylic acids is 1. The lowest BCUT2D eigenvalue weighted by Crippen LogP contribution is -2.44. The first-order valence-electron chi connectivity index (χ1n) is 7.64. The van der Waals surface area contributed by atoms with E-state index in [9.17, 15) is 14.7 Å². The van der Waals surface area contributed by atoms with Crippen LogP contribution in [0.15, 0.2) is 6.07 Å². The maximum atomic E-state index is 12.7. The van der Waals surface area contributed by atoms with Crippen LogP contribution in [0.1, 0.15) is 53.2 Å². The van der Waals surface area contributed by atoms with E-state index in [0.29, 0.717) is 10.8 Å². The Morgan fingerprint density at radius 2 is 2.10 bits per heavy atom. The van der Waals surface area contributed by atoms with Gasteiger partial charge in [0.05, 0.1) is 4.88 Å². The van der Waals surface area contributed by atoms with E-state index in [-0.39, 0.29) is 11.9 Å². The molecule has 0 radical (unpaired) electrons. The van der Waals surface area contributed by atoms with Crippen LogP contribution in [0.25, 0.3) is 0 Å². The summed E-state index contributed by atoms with van der Waals surface area (Å²) in [5, 5.41) is 9.23. The van der Waals surface area contributed by atoms with Gasteiger partial charge in [-0.15, -0.1) is 11.3 Å². The number of rotatable bonds is 4. The second-order valence-corrected chi connectivity index (χ2v) is 7.50. The van der Waals surface area contributed by atoms with E-state index < -0.39 is 12.0 Å². The molecule has 1 aromatic heterocycles. The van der Waals surface area contributed by atoms with Gasteiger partial charge in [-0.1, -0.05) is 6.92 Å². The summed E-state index contributed by atoms with van der Waals surface area (Å²) in [6.45, 7) is 3.85. The molecule has 1 heterocycles. The lowest BCUT2D eigenvalue weighted by Gasteiger charge is -2.25. The van der Waals surface area contributed by atoms with Gasteiger partial charge in [0.2, 0.25) is 0 Å². The fourth-order valence-electron chi connectivity index (χ4n) is 3.07. The summed E-state index contributed by atoms with van der Waals surface area (Å²) in [4.78, 5) is 27.6. The molecule has 0 aliphatic heterocycles. The van der Waals surface area contributed by atoms with Crippen LogP contribution in [0.2, 0.25) is 0 Å². The lowest BCUT2D eigenvalue weighted by atomic mass is 9.90. The number of hydrogen-bond acceptors (Lipinski definition) is 3. The van der Waals surface area contributed by atoms with Crippen molar-refractivity contribution < 1.29 is 14.7 Å². The van der Waals surface area contributed by atoms with Crippen LogP contribution < -0.4 is 0 Å². The number of aliphatic carboxylic acids is 1. The monoisotopic (exact) mass is 307 g/mol. The number of hydrogen-bond donors (Lipinski definition) is 1. The number of fused-ring (bicyclic) bond motifs is 1. The number of carbonyl (C=O) groups is 2. The predicted molar refractivity (Wildman–Crippen MR) is 81.8 cm³/mol. The van der Waals surface area contributed by atoms with Crippen molar-refractivity contribution in [3.05, 3.63) is 21.4 Å². The standard InChI is InChI=1S/C16H21NO3S/c1-9-3-6-13-11(7-9)8-14(21-13)15(18)17(12-4-5-12)10(2)16(19)20/h8-10,12H,3-7H2,1-2H3,(H,19,20). The van der Waals surface area contributed by atoms with Crippen LogP contribution in [-0.2, 0) is 17.6 Å². The Morgan fingerprint density at radius 3 is 2.71 bits per heavy atom. The van der Waals surface area contributed by atoms with Crippen molar-refractivity contribution in [3.63, 3.8) is 0 Å². The molecule has 2 aliphatic rings. The molecule has 0 bridgehead atoms. The van der Waals surface area contributed by atoms with Crippen LogP contribution in [0.5, 0.6) is 0 Å². The highest BCUT2D eigenvalue weighted by Gasteiger charge is 2.39. The zero-order valence-corrected chi connectivity index (χ0v) is 13.3. The topological polar surface area (TPSA) is 57.6 Å². The Kier molecular flexibility index (Phi) is 3.78. The van der Waals surface area contributed by atoms with Gasteiger partial charge in [0, 0.05) is 10.9 Å². The highest BCUT2D eigenvalue weighted by Crippen LogP contribution is 2.35. The fourth-order valence-corrected chi connectivity index (χ4v) is 4.22. The normalized spacial score (nSPS) is 22.5. The van der Waals surface area contributed by atoms with E-state index in [0.717, 1.165) is 25.7 Å². The van der Waals surface area contributed by atoms with Gasteiger partial charge in [0.15, 0.2) is 0 Å². The number of carboxylic acids is 1. The van der Waals surface area contributed by atoms with Crippen LogP contribution in [0.4, 0.5) is 0 Å². The van der Waals surface area contributed by atoms with E-state index >= 15 is 0 Å². The number of carboxylic acid groups (broad SMARTS) is 1. The summed E-state index contributed by atoms with van der Waals surface area (Å²) < 4.78 is 0. The predicted octanol–water partition coefficient (Wildman–Crippen LogP) is 2.95. The summed E-state index contributed by atoms with van der Waals surface area (Å²) in [6, 6.07) is 1.37. The first-order chi connectivity index (χ1) is 9.97. The van der Waals surface area contributed by atoms with Crippen molar-refractivity contribution in [2.45, 2.75) is 58.0 Å². The second-order valence-electron chi connectivity index (χ2n) is 6.36. The summed E-state index contributed by atoms with van der Waals surface area (Å²) in [7, 11) is 0. The number of aryl methyl sites for hydroxylation is 1. The number of nitrogens with zero attached hydrogens (tertiary/aromatic N) is 1. The fraction of sp³-hybridized carbons (Fsp3) is 0.625. The number of thiophene rings is 1. The molecule has 1 amide bonds. The molecule has 1 N–H and O–H groups in total. The molecular weight excluding hydrogens is 286 g/mol. The molecule has 21 heavy (non-hydrogen) atoms. The Balaban J connectivity index is 1.85. The summed E-state index contributed by atoms with van der Waals surface area (Å²) >= 11 is 1.56. The third kappa shape index (κ3) is 2.84. The van der Waals surface area contributed by atoms with Gasteiger partial charge in [-0.25, -0.2) is 4.79 Å². The van der Waals surface area contributed by atoms with Crippen molar-refractivity contribution in [1.29, 1.82) is 0 Å². The van der Waals surface area contributed by atoms with E-state index in [1.54, 1.807) is 23.2 Å². The summed E-state index contributed by atoms with van der Waals surface area (Å²) in [5.41, 5.74) is 1.29. The molecule has 0 spiro atoms. The highest BCUT2D eigenvalue weighted by molar-refractivity contribution is 7.14. The smallest absolute Gasteiger partial charge is 0.326 e. The third-order valence-corrected chi connectivity index (χ3v) is 5.71. The Labute approximate surface area is 128 Å². The quantitative estimate of drug-likeness (QED) is 0.930. The molecule has 0 saturated heterocycles. The van der Waals surface area contributed by atoms with E-state index in [1.165, 1.54) is 16.9 Å². The van der Waals surface area contributed by atoms with Crippen molar-refractivity contribution in [2.75, 3.05) is 0 Å². The van der Waals surface area contributed by atoms with Gasteiger partial charge in [0.1, 0.15) is 6.04 Å². The van der Waals surface area contributed by atoms with Crippen LogP contribution in [0, 0.1) is 5.92 Å². The molecule has 4 nitrogen and oxygen atoms in total. The minimum atomic E-state index is -0.926. The van der Waals surface area contributed by atoms with Gasteiger partial charge in [-0.3, -0.25) is 4.79 Å². The lowest BCUT2D eigenvalue weighted by molar-refractivity contribution is -0.141. The van der Waals surface area contributed by atoms with E-state index in [4.69, 9.17) is 0 Å².